The van der Waals surface area contributed by atoms with E-state index >= 15 is 0 Å². The highest BCUT2D eigenvalue weighted by atomic mass is 79.9. The SMILES string of the molecule is Brc1ccc(Cn2ccnc2)s1. The zero-order valence-corrected chi connectivity index (χ0v) is 8.68. The number of aromatic nitrogens is 2. The third-order valence-electron chi connectivity index (χ3n) is 1.53. The molecule has 2 heterocycles. The average molecular weight is 243 g/mol. The van der Waals surface area contributed by atoms with Crippen LogP contribution in [0, 0.1) is 0 Å². The van der Waals surface area contributed by atoms with E-state index in [4.69, 9.17) is 0 Å². The highest BCUT2D eigenvalue weighted by Crippen LogP contribution is 2.22. The molecule has 0 N–H and O–H groups in total. The second kappa shape index (κ2) is 3.41. The normalized spacial score (nSPS) is 10.4. The van der Waals surface area contributed by atoms with Gasteiger partial charge in [-0.05, 0) is 28.1 Å². The van der Waals surface area contributed by atoms with E-state index in [1.165, 1.54) is 8.66 Å². The molecule has 12 heavy (non-hydrogen) atoms. The van der Waals surface area contributed by atoms with E-state index in [0.717, 1.165) is 6.54 Å². The number of halogens is 1. The van der Waals surface area contributed by atoms with Gasteiger partial charge in [0.05, 0.1) is 16.7 Å². The van der Waals surface area contributed by atoms with Gasteiger partial charge < -0.3 is 4.57 Å². The van der Waals surface area contributed by atoms with Gasteiger partial charge >= 0.3 is 0 Å². The van der Waals surface area contributed by atoms with Crippen molar-refractivity contribution in [3.8, 4) is 0 Å². The Bertz CT molecular complexity index is 353. The molecule has 0 bridgehead atoms. The number of rotatable bonds is 2. The Kier molecular flexibility index (Phi) is 2.28. The van der Waals surface area contributed by atoms with Crippen molar-refractivity contribution in [2.45, 2.75) is 6.54 Å². The fraction of sp³-hybridized carbons (Fsp3) is 0.125. The topological polar surface area (TPSA) is 17.8 Å². The summed E-state index contributed by atoms with van der Waals surface area (Å²) >= 11 is 5.18. The summed E-state index contributed by atoms with van der Waals surface area (Å²) in [6.45, 7) is 0.913. The molecule has 0 aromatic carbocycles. The lowest BCUT2D eigenvalue weighted by atomic mass is 10.5. The first-order valence-corrected chi connectivity index (χ1v) is 5.15. The van der Waals surface area contributed by atoms with Gasteiger partial charge in [0.1, 0.15) is 0 Å². The van der Waals surface area contributed by atoms with Crippen molar-refractivity contribution in [1.29, 1.82) is 0 Å². The fourth-order valence-electron chi connectivity index (χ4n) is 0.997. The summed E-state index contributed by atoms with van der Waals surface area (Å²) < 4.78 is 3.23. The lowest BCUT2D eigenvalue weighted by Gasteiger charge is -1.96. The predicted molar refractivity (Wildman–Crippen MR) is 53.3 cm³/mol. The van der Waals surface area contributed by atoms with Gasteiger partial charge in [-0.25, -0.2) is 4.98 Å². The van der Waals surface area contributed by atoms with Crippen LogP contribution in [-0.2, 0) is 6.54 Å². The van der Waals surface area contributed by atoms with Crippen molar-refractivity contribution >= 4 is 27.3 Å². The van der Waals surface area contributed by atoms with Crippen molar-refractivity contribution in [1.82, 2.24) is 9.55 Å². The Morgan fingerprint density at radius 2 is 2.42 bits per heavy atom. The zero-order valence-electron chi connectivity index (χ0n) is 6.27. The van der Waals surface area contributed by atoms with Crippen LogP contribution >= 0.6 is 27.3 Å². The van der Waals surface area contributed by atoms with Crippen LogP contribution in [0.2, 0.25) is 0 Å². The maximum atomic E-state index is 3.98. The van der Waals surface area contributed by atoms with Gasteiger partial charge in [0, 0.05) is 17.3 Å². The van der Waals surface area contributed by atoms with E-state index in [-0.39, 0.29) is 0 Å². The predicted octanol–water partition coefficient (Wildman–Crippen LogP) is 2.76. The lowest BCUT2D eigenvalue weighted by molar-refractivity contribution is 0.810. The van der Waals surface area contributed by atoms with E-state index in [2.05, 4.69) is 37.6 Å². The number of imidazole rings is 1. The van der Waals surface area contributed by atoms with Crippen LogP contribution < -0.4 is 0 Å². The molecular formula is C8H7BrN2S. The van der Waals surface area contributed by atoms with Gasteiger partial charge in [0.25, 0.3) is 0 Å². The molecule has 0 spiro atoms. The lowest BCUT2D eigenvalue weighted by Crippen LogP contribution is -1.92. The molecule has 4 heteroatoms. The maximum absolute atomic E-state index is 3.98. The molecule has 0 aliphatic heterocycles. The second-order valence-electron chi connectivity index (χ2n) is 2.44. The molecule has 2 rings (SSSR count). The van der Waals surface area contributed by atoms with Crippen molar-refractivity contribution in [2.75, 3.05) is 0 Å². The van der Waals surface area contributed by atoms with Crippen LogP contribution in [0.25, 0.3) is 0 Å². The van der Waals surface area contributed by atoms with Crippen LogP contribution in [-0.4, -0.2) is 9.55 Å². The minimum absolute atomic E-state index is 0.913. The van der Waals surface area contributed by atoms with Gasteiger partial charge in [-0.2, -0.15) is 0 Å². The maximum Gasteiger partial charge on any atom is 0.0949 e. The second-order valence-corrected chi connectivity index (χ2v) is 4.99. The minimum atomic E-state index is 0.913. The summed E-state index contributed by atoms with van der Waals surface area (Å²) in [6, 6.07) is 4.19. The Labute approximate surface area is 83.0 Å². The van der Waals surface area contributed by atoms with Crippen molar-refractivity contribution in [2.24, 2.45) is 0 Å². The molecule has 62 valence electrons. The van der Waals surface area contributed by atoms with E-state index in [0.29, 0.717) is 0 Å². The summed E-state index contributed by atoms with van der Waals surface area (Å²) in [5.41, 5.74) is 0. The highest BCUT2D eigenvalue weighted by molar-refractivity contribution is 9.11. The molecule has 2 nitrogen and oxygen atoms in total. The van der Waals surface area contributed by atoms with Crippen LogP contribution in [0.4, 0.5) is 0 Å². The fourth-order valence-corrected chi connectivity index (χ4v) is 2.49. The van der Waals surface area contributed by atoms with Crippen LogP contribution in [0.3, 0.4) is 0 Å². The van der Waals surface area contributed by atoms with E-state index < -0.39 is 0 Å². The summed E-state index contributed by atoms with van der Waals surface area (Å²) in [6.07, 6.45) is 5.59. The summed E-state index contributed by atoms with van der Waals surface area (Å²) in [5.74, 6) is 0. The zero-order chi connectivity index (χ0) is 8.39. The monoisotopic (exact) mass is 242 g/mol. The van der Waals surface area contributed by atoms with Crippen molar-refractivity contribution < 1.29 is 0 Å². The molecular weight excluding hydrogens is 236 g/mol. The minimum Gasteiger partial charge on any atom is -0.332 e. The first kappa shape index (κ1) is 8.01. The molecule has 0 fully saturated rings. The molecule has 2 aromatic rings. The van der Waals surface area contributed by atoms with Gasteiger partial charge in [0.15, 0.2) is 0 Å². The number of nitrogens with zero attached hydrogens (tertiary/aromatic N) is 2. The van der Waals surface area contributed by atoms with Gasteiger partial charge in [-0.15, -0.1) is 11.3 Å². The molecule has 0 saturated heterocycles. The molecule has 2 aromatic heterocycles. The smallest absolute Gasteiger partial charge is 0.0949 e. The number of hydrogen-bond acceptors (Lipinski definition) is 2. The first-order chi connectivity index (χ1) is 5.84. The largest absolute Gasteiger partial charge is 0.332 e. The van der Waals surface area contributed by atoms with E-state index in [1.807, 2.05) is 12.5 Å². The molecule has 0 radical (unpaired) electrons. The Hall–Kier alpha value is -0.610. The molecule has 0 aliphatic carbocycles. The van der Waals surface area contributed by atoms with E-state index in [9.17, 15) is 0 Å². The third-order valence-corrected chi connectivity index (χ3v) is 3.13. The molecule has 0 atom stereocenters. The van der Waals surface area contributed by atoms with Crippen LogP contribution in [0.15, 0.2) is 34.6 Å². The average Bonchev–Trinajstić information content (AvgIpc) is 2.63. The van der Waals surface area contributed by atoms with E-state index in [1.54, 1.807) is 17.5 Å². The summed E-state index contributed by atoms with van der Waals surface area (Å²) in [7, 11) is 0. The standard InChI is InChI=1S/C8H7BrN2S/c9-8-2-1-7(12-8)5-11-4-3-10-6-11/h1-4,6H,5H2. The molecule has 0 saturated carbocycles. The first-order valence-electron chi connectivity index (χ1n) is 3.54. The van der Waals surface area contributed by atoms with Gasteiger partial charge in [-0.1, -0.05) is 0 Å². The number of hydrogen-bond donors (Lipinski definition) is 0. The quantitative estimate of drug-likeness (QED) is 0.792. The molecule has 0 aliphatic rings. The van der Waals surface area contributed by atoms with Gasteiger partial charge in [-0.3, -0.25) is 0 Å². The summed E-state index contributed by atoms with van der Waals surface area (Å²) in [4.78, 5) is 5.31. The summed E-state index contributed by atoms with van der Waals surface area (Å²) in [5, 5.41) is 0. The Balaban J connectivity index is 2.14. The highest BCUT2D eigenvalue weighted by Gasteiger charge is 1.97. The molecule has 0 unspecified atom stereocenters. The van der Waals surface area contributed by atoms with Crippen LogP contribution in [0.1, 0.15) is 4.88 Å². The van der Waals surface area contributed by atoms with Crippen LogP contribution in [0.5, 0.6) is 0 Å². The van der Waals surface area contributed by atoms with Crippen molar-refractivity contribution in [3.63, 3.8) is 0 Å². The number of thiophene rings is 1. The third kappa shape index (κ3) is 1.76. The Morgan fingerprint density at radius 1 is 1.50 bits per heavy atom. The molecule has 0 amide bonds. The Morgan fingerprint density at radius 3 is 3.00 bits per heavy atom. The van der Waals surface area contributed by atoms with Crippen molar-refractivity contribution in [3.05, 3.63) is 39.5 Å². The van der Waals surface area contributed by atoms with Gasteiger partial charge in [0.2, 0.25) is 0 Å².